The maximum Gasteiger partial charge on any atom is 0.411 e. The summed E-state index contributed by atoms with van der Waals surface area (Å²) in [6.07, 6.45) is -0.280. The molecule has 1 rings (SSSR count). The van der Waals surface area contributed by atoms with Gasteiger partial charge in [-0.15, -0.1) is 0 Å². The standard InChI is InChI=1S/C12H20F3NO2/c1-9(18-8-12(13,14)15)11(17)16(2)10-6-4-3-5-7-10/h9-10H,3-8H2,1-2H3. The van der Waals surface area contributed by atoms with E-state index in [1.54, 1.807) is 11.9 Å². The third-order valence-corrected chi connectivity index (χ3v) is 3.31. The number of hydrogen-bond acceptors (Lipinski definition) is 2. The molecule has 0 heterocycles. The van der Waals surface area contributed by atoms with E-state index in [9.17, 15) is 18.0 Å². The van der Waals surface area contributed by atoms with Crippen molar-refractivity contribution in [3.63, 3.8) is 0 Å². The molecule has 1 fully saturated rings. The molecule has 1 saturated carbocycles. The van der Waals surface area contributed by atoms with Crippen molar-refractivity contribution in [2.75, 3.05) is 13.7 Å². The molecule has 1 aliphatic rings. The minimum absolute atomic E-state index is 0.142. The first-order valence-electron chi connectivity index (χ1n) is 6.26. The first-order chi connectivity index (χ1) is 8.31. The fraction of sp³-hybridized carbons (Fsp3) is 0.917. The monoisotopic (exact) mass is 267 g/mol. The summed E-state index contributed by atoms with van der Waals surface area (Å²) in [6, 6.07) is 0.142. The summed E-state index contributed by atoms with van der Waals surface area (Å²) in [5.74, 6) is -0.369. The van der Waals surface area contributed by atoms with E-state index in [4.69, 9.17) is 0 Å². The molecule has 1 aliphatic carbocycles. The van der Waals surface area contributed by atoms with Gasteiger partial charge in [-0.3, -0.25) is 4.79 Å². The number of rotatable bonds is 4. The van der Waals surface area contributed by atoms with Crippen LogP contribution in [0.15, 0.2) is 0 Å². The van der Waals surface area contributed by atoms with Crippen LogP contribution in [0, 0.1) is 0 Å². The van der Waals surface area contributed by atoms with E-state index in [1.807, 2.05) is 0 Å². The molecule has 0 spiro atoms. The van der Waals surface area contributed by atoms with Gasteiger partial charge in [-0.25, -0.2) is 0 Å². The molecule has 6 heteroatoms. The Kier molecular flexibility index (Phi) is 5.44. The molecule has 1 unspecified atom stereocenters. The highest BCUT2D eigenvalue weighted by Crippen LogP contribution is 2.22. The molecule has 1 amide bonds. The summed E-state index contributed by atoms with van der Waals surface area (Å²) in [4.78, 5) is 13.4. The predicted octanol–water partition coefficient (Wildman–Crippen LogP) is 2.74. The topological polar surface area (TPSA) is 29.5 Å². The Morgan fingerprint density at radius 2 is 1.89 bits per heavy atom. The Bertz CT molecular complexity index is 275. The average molecular weight is 267 g/mol. The summed E-state index contributed by atoms with van der Waals surface area (Å²) in [5.41, 5.74) is 0. The van der Waals surface area contributed by atoms with E-state index in [2.05, 4.69) is 4.74 Å². The molecule has 0 aliphatic heterocycles. The summed E-state index contributed by atoms with van der Waals surface area (Å²) in [5, 5.41) is 0. The van der Waals surface area contributed by atoms with Gasteiger partial charge in [0.2, 0.25) is 0 Å². The number of hydrogen-bond donors (Lipinski definition) is 0. The molecule has 0 N–H and O–H groups in total. The molecule has 3 nitrogen and oxygen atoms in total. The van der Waals surface area contributed by atoms with E-state index in [0.717, 1.165) is 25.7 Å². The van der Waals surface area contributed by atoms with Crippen LogP contribution in [0.3, 0.4) is 0 Å². The number of carbonyl (C=O) groups excluding carboxylic acids is 1. The molecular weight excluding hydrogens is 247 g/mol. The average Bonchev–Trinajstić information content (AvgIpc) is 2.34. The zero-order chi connectivity index (χ0) is 13.8. The summed E-state index contributed by atoms with van der Waals surface area (Å²) < 4.78 is 40.5. The predicted molar refractivity (Wildman–Crippen MR) is 61.1 cm³/mol. The maximum atomic E-state index is 12.0. The zero-order valence-electron chi connectivity index (χ0n) is 10.8. The number of ether oxygens (including phenoxy) is 1. The zero-order valence-corrected chi connectivity index (χ0v) is 10.8. The van der Waals surface area contributed by atoms with Crippen LogP contribution >= 0.6 is 0 Å². The Hall–Kier alpha value is -0.780. The van der Waals surface area contributed by atoms with Gasteiger partial charge in [-0.2, -0.15) is 13.2 Å². The summed E-state index contributed by atoms with van der Waals surface area (Å²) in [6.45, 7) is -0.00812. The minimum atomic E-state index is -4.39. The van der Waals surface area contributed by atoms with Crippen LogP contribution in [0.5, 0.6) is 0 Å². The molecule has 0 aromatic rings. The van der Waals surface area contributed by atoms with Gasteiger partial charge < -0.3 is 9.64 Å². The lowest BCUT2D eigenvalue weighted by Crippen LogP contribution is -2.44. The van der Waals surface area contributed by atoms with Crippen LogP contribution in [-0.4, -0.2) is 42.8 Å². The van der Waals surface area contributed by atoms with Crippen molar-refractivity contribution in [3.8, 4) is 0 Å². The third-order valence-electron chi connectivity index (χ3n) is 3.31. The van der Waals surface area contributed by atoms with Crippen LogP contribution < -0.4 is 0 Å². The Balaban J connectivity index is 2.41. The van der Waals surface area contributed by atoms with Crippen LogP contribution in [0.4, 0.5) is 13.2 Å². The Labute approximate surface area is 105 Å². The fourth-order valence-corrected chi connectivity index (χ4v) is 2.23. The van der Waals surface area contributed by atoms with E-state index < -0.39 is 18.9 Å². The molecule has 18 heavy (non-hydrogen) atoms. The molecule has 1 atom stereocenters. The van der Waals surface area contributed by atoms with Gasteiger partial charge in [0.1, 0.15) is 12.7 Å². The second-order valence-electron chi connectivity index (χ2n) is 4.81. The highest BCUT2D eigenvalue weighted by molar-refractivity contribution is 5.80. The molecule has 0 bridgehead atoms. The first kappa shape index (κ1) is 15.3. The second-order valence-corrected chi connectivity index (χ2v) is 4.81. The van der Waals surface area contributed by atoms with E-state index >= 15 is 0 Å². The Morgan fingerprint density at radius 3 is 2.39 bits per heavy atom. The maximum absolute atomic E-state index is 12.0. The van der Waals surface area contributed by atoms with Crippen LogP contribution in [0.2, 0.25) is 0 Å². The highest BCUT2D eigenvalue weighted by atomic mass is 19.4. The molecule has 0 aromatic heterocycles. The highest BCUT2D eigenvalue weighted by Gasteiger charge is 2.32. The largest absolute Gasteiger partial charge is 0.411 e. The number of nitrogens with zero attached hydrogens (tertiary/aromatic N) is 1. The molecule has 0 radical (unpaired) electrons. The Morgan fingerprint density at radius 1 is 1.33 bits per heavy atom. The smallest absolute Gasteiger partial charge is 0.359 e. The van der Waals surface area contributed by atoms with Gasteiger partial charge in [0.05, 0.1) is 0 Å². The van der Waals surface area contributed by atoms with Crippen LogP contribution in [0.25, 0.3) is 0 Å². The van der Waals surface area contributed by atoms with Crippen molar-refractivity contribution in [1.29, 1.82) is 0 Å². The van der Waals surface area contributed by atoms with Gasteiger partial charge in [0.25, 0.3) is 5.91 Å². The van der Waals surface area contributed by atoms with E-state index in [0.29, 0.717) is 0 Å². The van der Waals surface area contributed by atoms with Gasteiger partial charge in [0, 0.05) is 13.1 Å². The van der Waals surface area contributed by atoms with Crippen LogP contribution in [-0.2, 0) is 9.53 Å². The number of carbonyl (C=O) groups is 1. The lowest BCUT2D eigenvalue weighted by atomic mass is 9.94. The lowest BCUT2D eigenvalue weighted by Gasteiger charge is -2.32. The van der Waals surface area contributed by atoms with Gasteiger partial charge in [0.15, 0.2) is 0 Å². The summed E-state index contributed by atoms with van der Waals surface area (Å²) >= 11 is 0. The SMILES string of the molecule is CC(OCC(F)(F)F)C(=O)N(C)C1CCCCC1. The molecular formula is C12H20F3NO2. The van der Waals surface area contributed by atoms with Gasteiger partial charge in [-0.1, -0.05) is 19.3 Å². The van der Waals surface area contributed by atoms with Crippen molar-refractivity contribution in [3.05, 3.63) is 0 Å². The van der Waals surface area contributed by atoms with E-state index in [-0.39, 0.29) is 11.9 Å². The van der Waals surface area contributed by atoms with E-state index in [1.165, 1.54) is 13.3 Å². The first-order valence-corrected chi connectivity index (χ1v) is 6.26. The third kappa shape index (κ3) is 4.84. The number of alkyl halides is 3. The number of amides is 1. The van der Waals surface area contributed by atoms with Crippen LogP contribution in [0.1, 0.15) is 39.0 Å². The quantitative estimate of drug-likeness (QED) is 0.784. The second kappa shape index (κ2) is 6.41. The van der Waals surface area contributed by atoms with Gasteiger partial charge >= 0.3 is 6.18 Å². The molecule has 0 aromatic carbocycles. The van der Waals surface area contributed by atoms with Crippen molar-refractivity contribution >= 4 is 5.91 Å². The molecule has 0 saturated heterocycles. The minimum Gasteiger partial charge on any atom is -0.359 e. The molecule has 106 valence electrons. The number of halogens is 3. The van der Waals surface area contributed by atoms with Crippen molar-refractivity contribution in [2.24, 2.45) is 0 Å². The van der Waals surface area contributed by atoms with Gasteiger partial charge in [-0.05, 0) is 19.8 Å². The number of likely N-dealkylation sites (N-methyl/N-ethyl adjacent to an activating group) is 1. The summed E-state index contributed by atoms with van der Waals surface area (Å²) in [7, 11) is 1.64. The fourth-order valence-electron chi connectivity index (χ4n) is 2.23. The normalized spacial score (nSPS) is 19.6. The van der Waals surface area contributed by atoms with Crippen molar-refractivity contribution < 1.29 is 22.7 Å². The van der Waals surface area contributed by atoms with Crippen molar-refractivity contribution in [1.82, 2.24) is 4.90 Å². The lowest BCUT2D eigenvalue weighted by molar-refractivity contribution is -0.188. The van der Waals surface area contributed by atoms with Crippen molar-refractivity contribution in [2.45, 2.75) is 57.3 Å².